The van der Waals surface area contributed by atoms with E-state index in [1.807, 2.05) is 0 Å². The molecule has 1 atom stereocenters. The smallest absolute Gasteiger partial charge is 0.376 e. The lowest BCUT2D eigenvalue weighted by Crippen LogP contribution is -2.35. The number of rotatable bonds is 5. The van der Waals surface area contributed by atoms with Gasteiger partial charge in [0.05, 0.1) is 23.3 Å². The highest BCUT2D eigenvalue weighted by Crippen LogP contribution is 2.35. The Morgan fingerprint density at radius 2 is 2.13 bits per heavy atom. The summed E-state index contributed by atoms with van der Waals surface area (Å²) < 4.78 is 11.1. The highest BCUT2D eigenvalue weighted by atomic mass is 16.6. The number of nitrogens with zero attached hydrogens (tertiary/aromatic N) is 2. The van der Waals surface area contributed by atoms with Gasteiger partial charge < -0.3 is 14.6 Å². The summed E-state index contributed by atoms with van der Waals surface area (Å²) in [6.07, 6.45) is 1.52. The van der Waals surface area contributed by atoms with Crippen LogP contribution in [0.3, 0.4) is 0 Å². The van der Waals surface area contributed by atoms with Crippen molar-refractivity contribution >= 4 is 17.5 Å². The number of methoxy groups -OCH3 is 2. The zero-order chi connectivity index (χ0) is 17.3. The molecule has 0 aliphatic heterocycles. The van der Waals surface area contributed by atoms with E-state index < -0.39 is 33.8 Å². The number of Topliss-reactive ketones (excluding diaryl/α,β-unsaturated/α-hetero) is 1. The average molecular weight is 322 g/mol. The first kappa shape index (κ1) is 16.4. The number of fused-ring (bicyclic) bond motifs is 1. The molecule has 0 bridgehead atoms. The number of hydrogen-bond donors (Lipinski definition) is 1. The van der Waals surface area contributed by atoms with Gasteiger partial charge in [0, 0.05) is 19.7 Å². The van der Waals surface area contributed by atoms with Gasteiger partial charge in [0.15, 0.2) is 6.10 Å². The molecule has 0 amide bonds. The van der Waals surface area contributed by atoms with E-state index in [-0.39, 0.29) is 23.6 Å². The third-order valence-corrected chi connectivity index (χ3v) is 3.44. The predicted molar refractivity (Wildman–Crippen MR) is 79.3 cm³/mol. The first-order valence-electron chi connectivity index (χ1n) is 6.46. The van der Waals surface area contributed by atoms with Crippen molar-refractivity contribution in [2.75, 3.05) is 14.2 Å². The monoisotopic (exact) mass is 322 g/mol. The molecule has 0 spiro atoms. The summed E-state index contributed by atoms with van der Waals surface area (Å²) in [7, 11) is 2.57. The summed E-state index contributed by atoms with van der Waals surface area (Å²) in [5.41, 5.74) is -2.46. The van der Waals surface area contributed by atoms with E-state index in [4.69, 9.17) is 9.47 Å². The Bertz CT molecular complexity index is 791. The van der Waals surface area contributed by atoms with Crippen molar-refractivity contribution in [3.05, 3.63) is 50.1 Å². The lowest BCUT2D eigenvalue weighted by molar-refractivity contribution is -0.387. The van der Waals surface area contributed by atoms with E-state index in [0.717, 1.165) is 4.57 Å². The highest BCUT2D eigenvalue weighted by molar-refractivity contribution is 6.09. The minimum atomic E-state index is -1.16. The maximum absolute atomic E-state index is 12.5. The molecule has 2 rings (SSSR count). The van der Waals surface area contributed by atoms with Crippen LogP contribution in [0.15, 0.2) is 23.2 Å². The number of hydrogen-bond acceptors (Lipinski definition) is 7. The van der Waals surface area contributed by atoms with Crippen LogP contribution in [-0.4, -0.2) is 40.7 Å². The maximum Gasteiger partial charge on any atom is 0.376 e. The Morgan fingerprint density at radius 3 is 2.61 bits per heavy atom. The van der Waals surface area contributed by atoms with Crippen LogP contribution in [0.1, 0.15) is 16.1 Å². The SMILES string of the molecule is C=CCn1c2c(c(O)c([N+](=O)[O-])c1=O)C(=O)C(OC)C(OC)=C2. The molecule has 0 fully saturated rings. The van der Waals surface area contributed by atoms with Crippen molar-refractivity contribution in [1.82, 2.24) is 4.57 Å². The molecule has 1 N–H and O–H groups in total. The summed E-state index contributed by atoms with van der Waals surface area (Å²) in [6, 6.07) is 0. The van der Waals surface area contributed by atoms with Crippen molar-refractivity contribution < 1.29 is 24.3 Å². The van der Waals surface area contributed by atoms with Crippen molar-refractivity contribution in [3.63, 3.8) is 0 Å². The lowest BCUT2D eigenvalue weighted by atomic mass is 9.94. The van der Waals surface area contributed by atoms with Crippen LogP contribution >= 0.6 is 0 Å². The molecule has 0 saturated carbocycles. The number of aromatic hydroxyl groups is 1. The first-order chi connectivity index (χ1) is 10.9. The summed E-state index contributed by atoms with van der Waals surface area (Å²) >= 11 is 0. The molecule has 1 aromatic heterocycles. The van der Waals surface area contributed by atoms with Crippen molar-refractivity contribution in [2.24, 2.45) is 0 Å². The van der Waals surface area contributed by atoms with Crippen LogP contribution in [-0.2, 0) is 16.0 Å². The standard InChI is InChI=1S/C14H14N2O7/c1-4-5-15-7-6-8(22-2)13(23-3)12(18)9(7)11(17)10(14(15)19)16(20)21/h4,6,13,17H,1,5H2,2-3H3. The summed E-state index contributed by atoms with van der Waals surface area (Å²) in [6.45, 7) is 3.40. The number of pyridine rings is 1. The summed E-state index contributed by atoms with van der Waals surface area (Å²) in [4.78, 5) is 34.8. The van der Waals surface area contributed by atoms with E-state index in [9.17, 15) is 24.8 Å². The van der Waals surface area contributed by atoms with Gasteiger partial charge in [-0.2, -0.15) is 0 Å². The number of carbonyl (C=O) groups is 1. The fourth-order valence-corrected chi connectivity index (χ4v) is 2.44. The quantitative estimate of drug-likeness (QED) is 0.484. The second kappa shape index (κ2) is 6.05. The van der Waals surface area contributed by atoms with Crippen molar-refractivity contribution in [2.45, 2.75) is 12.6 Å². The number of nitro groups is 1. The molecule has 1 heterocycles. The molecule has 0 aromatic carbocycles. The molecular weight excluding hydrogens is 308 g/mol. The van der Waals surface area contributed by atoms with Crippen LogP contribution in [0, 0.1) is 10.1 Å². The second-order valence-corrected chi connectivity index (χ2v) is 4.65. The topological polar surface area (TPSA) is 121 Å². The molecule has 1 aliphatic rings. The molecule has 23 heavy (non-hydrogen) atoms. The van der Waals surface area contributed by atoms with Crippen LogP contribution in [0.4, 0.5) is 5.69 Å². The van der Waals surface area contributed by atoms with Gasteiger partial charge in [-0.3, -0.25) is 24.3 Å². The third kappa shape index (κ3) is 2.40. The first-order valence-corrected chi connectivity index (χ1v) is 6.46. The number of ketones is 1. The Morgan fingerprint density at radius 1 is 1.48 bits per heavy atom. The van der Waals surface area contributed by atoms with Crippen molar-refractivity contribution in [1.29, 1.82) is 0 Å². The van der Waals surface area contributed by atoms with E-state index in [1.54, 1.807) is 0 Å². The molecular formula is C14H14N2O7. The van der Waals surface area contributed by atoms with Gasteiger partial charge in [0.25, 0.3) is 0 Å². The lowest BCUT2D eigenvalue weighted by Gasteiger charge is -2.24. The second-order valence-electron chi connectivity index (χ2n) is 4.65. The van der Waals surface area contributed by atoms with Gasteiger partial charge in [-0.25, -0.2) is 0 Å². The number of carbonyl (C=O) groups excluding carboxylic acids is 1. The highest BCUT2D eigenvalue weighted by Gasteiger charge is 2.39. The number of allylic oxidation sites excluding steroid dienone is 1. The Balaban J connectivity index is 2.95. The molecule has 0 radical (unpaired) electrons. The third-order valence-electron chi connectivity index (χ3n) is 3.44. The Labute approximate surface area is 130 Å². The van der Waals surface area contributed by atoms with Crippen molar-refractivity contribution in [3.8, 4) is 5.75 Å². The van der Waals surface area contributed by atoms with Crippen LogP contribution in [0.25, 0.3) is 6.08 Å². The largest absolute Gasteiger partial charge is 0.501 e. The van der Waals surface area contributed by atoms with Crippen LogP contribution in [0.2, 0.25) is 0 Å². The zero-order valence-electron chi connectivity index (χ0n) is 12.4. The molecule has 9 nitrogen and oxygen atoms in total. The molecule has 9 heteroatoms. The van der Waals surface area contributed by atoms with Gasteiger partial charge in [-0.1, -0.05) is 6.08 Å². The van der Waals surface area contributed by atoms with E-state index in [0.29, 0.717) is 0 Å². The van der Waals surface area contributed by atoms with Crippen LogP contribution in [0.5, 0.6) is 5.75 Å². The fourth-order valence-electron chi connectivity index (χ4n) is 2.44. The Kier molecular flexibility index (Phi) is 4.32. The van der Waals surface area contributed by atoms with E-state index in [1.165, 1.54) is 26.4 Å². The molecule has 1 unspecified atom stereocenters. The van der Waals surface area contributed by atoms with E-state index in [2.05, 4.69) is 6.58 Å². The van der Waals surface area contributed by atoms with Gasteiger partial charge in [0.2, 0.25) is 11.5 Å². The van der Waals surface area contributed by atoms with Gasteiger partial charge in [-0.15, -0.1) is 6.58 Å². The fraction of sp³-hybridized carbons (Fsp3) is 0.286. The molecule has 0 saturated heterocycles. The van der Waals surface area contributed by atoms with Gasteiger partial charge in [0.1, 0.15) is 5.76 Å². The van der Waals surface area contributed by atoms with Gasteiger partial charge in [-0.05, 0) is 0 Å². The summed E-state index contributed by atoms with van der Waals surface area (Å²) in [5, 5.41) is 21.2. The zero-order valence-corrected chi connectivity index (χ0v) is 12.4. The van der Waals surface area contributed by atoms with Crippen LogP contribution < -0.4 is 5.56 Å². The van der Waals surface area contributed by atoms with E-state index >= 15 is 0 Å². The maximum atomic E-state index is 12.5. The summed E-state index contributed by atoms with van der Waals surface area (Å²) in [5.74, 6) is -1.59. The minimum Gasteiger partial charge on any atom is -0.501 e. The normalized spacial score (nSPS) is 16.5. The number of aromatic nitrogens is 1. The number of ether oxygens (including phenoxy) is 2. The minimum absolute atomic E-state index is 0.00755. The Hall–Kier alpha value is -2.94. The molecule has 1 aromatic rings. The molecule has 122 valence electrons. The predicted octanol–water partition coefficient (Wildman–Crippen LogP) is 0.847. The van der Waals surface area contributed by atoms with Gasteiger partial charge >= 0.3 is 11.2 Å². The average Bonchev–Trinajstić information content (AvgIpc) is 2.50. The molecule has 1 aliphatic carbocycles.